The van der Waals surface area contributed by atoms with E-state index in [0.29, 0.717) is 6.04 Å². The number of rotatable bonds is 3. The summed E-state index contributed by atoms with van der Waals surface area (Å²) in [5.74, 6) is 2.63. The molecule has 0 unspecified atom stereocenters. The molecule has 1 aromatic carbocycles. The Morgan fingerprint density at radius 2 is 2.00 bits per heavy atom. The number of likely N-dealkylation sites (N-methyl/N-ethyl adjacent to an activating group) is 1. The minimum Gasteiger partial charge on any atom is -0.344 e. The quantitative estimate of drug-likeness (QED) is 0.832. The van der Waals surface area contributed by atoms with Gasteiger partial charge < -0.3 is 9.47 Å². The standard InChI is InChI=1S/C19H26N2S/c1-20-9-2-3-18(20)13-15-4-5-16-6-10-21(19(16)14-15)17-7-11-22-12-8-17/h4-6,10,14,17-18H,2-3,7-9,11-13H2,1H3/t18-/m0/s1. The molecule has 0 radical (unpaired) electrons. The monoisotopic (exact) mass is 314 g/mol. The Morgan fingerprint density at radius 1 is 1.14 bits per heavy atom. The topological polar surface area (TPSA) is 8.17 Å². The van der Waals surface area contributed by atoms with E-state index in [0.717, 1.165) is 6.04 Å². The summed E-state index contributed by atoms with van der Waals surface area (Å²) in [6, 6.07) is 10.9. The summed E-state index contributed by atoms with van der Waals surface area (Å²) in [6.45, 7) is 1.27. The van der Waals surface area contributed by atoms with Crippen LogP contribution in [0.4, 0.5) is 0 Å². The second-order valence-electron chi connectivity index (χ2n) is 6.94. The van der Waals surface area contributed by atoms with E-state index in [2.05, 4.69) is 58.7 Å². The van der Waals surface area contributed by atoms with E-state index in [1.54, 1.807) is 0 Å². The van der Waals surface area contributed by atoms with E-state index >= 15 is 0 Å². The Labute approximate surface area is 137 Å². The van der Waals surface area contributed by atoms with Crippen molar-refractivity contribution in [3.63, 3.8) is 0 Å². The Bertz CT molecular complexity index is 642. The first-order valence-corrected chi connectivity index (χ1v) is 9.84. The van der Waals surface area contributed by atoms with Crippen LogP contribution in [0.1, 0.15) is 37.3 Å². The molecule has 2 aromatic rings. The second kappa shape index (κ2) is 6.29. The van der Waals surface area contributed by atoms with Crippen LogP contribution in [0.3, 0.4) is 0 Å². The van der Waals surface area contributed by atoms with Gasteiger partial charge in [0.2, 0.25) is 0 Å². The summed E-state index contributed by atoms with van der Waals surface area (Å²) >= 11 is 2.11. The SMILES string of the molecule is CN1CCC[C@H]1Cc1ccc2ccn(C3CCSCC3)c2c1. The predicted molar refractivity (Wildman–Crippen MR) is 96.9 cm³/mol. The normalized spacial score (nSPS) is 24.3. The first-order valence-electron chi connectivity index (χ1n) is 8.69. The Morgan fingerprint density at radius 3 is 2.77 bits per heavy atom. The van der Waals surface area contributed by atoms with Crippen LogP contribution in [0, 0.1) is 0 Å². The van der Waals surface area contributed by atoms with Gasteiger partial charge in [-0.15, -0.1) is 0 Å². The Hall–Kier alpha value is -0.930. The van der Waals surface area contributed by atoms with Crippen molar-refractivity contribution in [1.82, 2.24) is 9.47 Å². The fourth-order valence-corrected chi connectivity index (χ4v) is 5.19. The average Bonchev–Trinajstić information content (AvgIpc) is 3.15. The van der Waals surface area contributed by atoms with Crippen LogP contribution >= 0.6 is 11.8 Å². The average molecular weight is 314 g/mol. The van der Waals surface area contributed by atoms with E-state index in [9.17, 15) is 0 Å². The molecule has 0 bridgehead atoms. The van der Waals surface area contributed by atoms with Gasteiger partial charge >= 0.3 is 0 Å². The number of fused-ring (bicyclic) bond motifs is 1. The summed E-state index contributed by atoms with van der Waals surface area (Å²) in [4.78, 5) is 2.53. The number of benzene rings is 1. The van der Waals surface area contributed by atoms with Crippen molar-refractivity contribution in [2.45, 2.75) is 44.2 Å². The third-order valence-corrected chi connectivity index (χ3v) is 6.56. The molecule has 118 valence electrons. The smallest absolute Gasteiger partial charge is 0.0485 e. The lowest BCUT2D eigenvalue weighted by atomic mass is 10.0. The second-order valence-corrected chi connectivity index (χ2v) is 8.17. The molecule has 0 amide bonds. The van der Waals surface area contributed by atoms with Crippen molar-refractivity contribution in [2.75, 3.05) is 25.1 Å². The van der Waals surface area contributed by atoms with E-state index in [1.807, 2.05) is 0 Å². The number of nitrogens with zero attached hydrogens (tertiary/aromatic N) is 2. The van der Waals surface area contributed by atoms with Gasteiger partial charge in [-0.1, -0.05) is 12.1 Å². The van der Waals surface area contributed by atoms with Gasteiger partial charge in [0.05, 0.1) is 0 Å². The maximum atomic E-state index is 2.55. The number of hydrogen-bond donors (Lipinski definition) is 0. The van der Waals surface area contributed by atoms with E-state index < -0.39 is 0 Å². The Balaban J connectivity index is 1.61. The van der Waals surface area contributed by atoms with Gasteiger partial charge in [-0.05, 0) is 80.3 Å². The highest BCUT2D eigenvalue weighted by Gasteiger charge is 2.21. The first-order chi connectivity index (χ1) is 10.8. The van der Waals surface area contributed by atoms with Gasteiger partial charge in [0.1, 0.15) is 0 Å². The summed E-state index contributed by atoms with van der Waals surface area (Å²) in [6.07, 6.45) is 8.89. The molecule has 2 aliphatic rings. The van der Waals surface area contributed by atoms with Gasteiger partial charge in [-0.3, -0.25) is 0 Å². The fourth-order valence-electron chi connectivity index (χ4n) is 4.11. The lowest BCUT2D eigenvalue weighted by molar-refractivity contribution is 0.309. The van der Waals surface area contributed by atoms with Crippen LogP contribution in [0.5, 0.6) is 0 Å². The van der Waals surface area contributed by atoms with Crippen molar-refractivity contribution in [2.24, 2.45) is 0 Å². The molecule has 2 fully saturated rings. The molecule has 0 spiro atoms. The summed E-state index contributed by atoms with van der Waals surface area (Å²) in [5, 5.41) is 1.40. The molecule has 0 N–H and O–H groups in total. The highest BCUT2D eigenvalue weighted by Crippen LogP contribution is 2.31. The molecule has 0 aliphatic carbocycles. The van der Waals surface area contributed by atoms with Crippen molar-refractivity contribution in [3.05, 3.63) is 36.0 Å². The number of aromatic nitrogens is 1. The highest BCUT2D eigenvalue weighted by molar-refractivity contribution is 7.99. The molecule has 22 heavy (non-hydrogen) atoms. The van der Waals surface area contributed by atoms with Gasteiger partial charge in [-0.2, -0.15) is 11.8 Å². The minimum absolute atomic E-state index is 0.711. The van der Waals surface area contributed by atoms with Crippen molar-refractivity contribution in [1.29, 1.82) is 0 Å². The lowest BCUT2D eigenvalue weighted by Gasteiger charge is -2.24. The lowest BCUT2D eigenvalue weighted by Crippen LogP contribution is -2.26. The first kappa shape index (κ1) is 14.6. The van der Waals surface area contributed by atoms with E-state index in [-0.39, 0.29) is 0 Å². The summed E-state index contributed by atoms with van der Waals surface area (Å²) < 4.78 is 2.55. The van der Waals surface area contributed by atoms with Crippen LogP contribution in [0.15, 0.2) is 30.5 Å². The van der Waals surface area contributed by atoms with Crippen molar-refractivity contribution < 1.29 is 0 Å². The summed E-state index contributed by atoms with van der Waals surface area (Å²) in [7, 11) is 2.28. The zero-order valence-electron chi connectivity index (χ0n) is 13.5. The molecule has 1 aromatic heterocycles. The van der Waals surface area contributed by atoms with Crippen molar-refractivity contribution >= 4 is 22.7 Å². The largest absolute Gasteiger partial charge is 0.344 e. The summed E-state index contributed by atoms with van der Waals surface area (Å²) in [5.41, 5.74) is 2.96. The molecule has 3 heteroatoms. The number of likely N-dealkylation sites (tertiary alicyclic amines) is 1. The zero-order valence-corrected chi connectivity index (χ0v) is 14.3. The van der Waals surface area contributed by atoms with Crippen molar-refractivity contribution in [3.8, 4) is 0 Å². The molecular weight excluding hydrogens is 288 g/mol. The highest BCUT2D eigenvalue weighted by atomic mass is 32.2. The number of thioether (sulfide) groups is 1. The van der Waals surface area contributed by atoms with Gasteiger partial charge in [-0.25, -0.2) is 0 Å². The van der Waals surface area contributed by atoms with Crippen LogP contribution in [0.2, 0.25) is 0 Å². The maximum absolute atomic E-state index is 2.55. The zero-order chi connectivity index (χ0) is 14.9. The fraction of sp³-hybridized carbons (Fsp3) is 0.579. The van der Waals surface area contributed by atoms with Crippen LogP contribution in [-0.4, -0.2) is 40.6 Å². The molecule has 2 aliphatic heterocycles. The number of hydrogen-bond acceptors (Lipinski definition) is 2. The molecule has 1 atom stereocenters. The molecule has 4 rings (SSSR count). The maximum Gasteiger partial charge on any atom is 0.0485 e. The molecule has 2 saturated heterocycles. The third-order valence-electron chi connectivity index (χ3n) is 5.51. The third kappa shape index (κ3) is 2.81. The molecule has 2 nitrogen and oxygen atoms in total. The van der Waals surface area contributed by atoms with Crippen LogP contribution in [-0.2, 0) is 6.42 Å². The Kier molecular flexibility index (Phi) is 4.19. The molecule has 3 heterocycles. The predicted octanol–water partition coefficient (Wildman–Crippen LogP) is 4.35. The van der Waals surface area contributed by atoms with Gasteiger partial charge in [0.15, 0.2) is 0 Å². The van der Waals surface area contributed by atoms with Crippen LogP contribution < -0.4 is 0 Å². The van der Waals surface area contributed by atoms with Gasteiger partial charge in [0.25, 0.3) is 0 Å². The molecular formula is C19H26N2S. The van der Waals surface area contributed by atoms with E-state index in [4.69, 9.17) is 0 Å². The van der Waals surface area contributed by atoms with Crippen LogP contribution in [0.25, 0.3) is 10.9 Å². The van der Waals surface area contributed by atoms with Gasteiger partial charge in [0, 0.05) is 23.8 Å². The minimum atomic E-state index is 0.711. The molecule has 0 saturated carbocycles. The van der Waals surface area contributed by atoms with E-state index in [1.165, 1.54) is 66.6 Å².